The molecule has 1 N–H and O–H groups in total. The van der Waals surface area contributed by atoms with Crippen LogP contribution < -0.4 is 0 Å². The standard InChI is InChI=1S/C17H31NO2/c1-14-12-16(2,3)8-9-17(14,13-15(19)20)18-10-6-4-5-7-11-18/h14H,4-13H2,1-3H3,(H,19,20). The summed E-state index contributed by atoms with van der Waals surface area (Å²) in [6, 6.07) is 0. The summed E-state index contributed by atoms with van der Waals surface area (Å²) in [5, 5.41) is 9.45. The van der Waals surface area contributed by atoms with Gasteiger partial charge in [-0.05, 0) is 56.5 Å². The number of nitrogens with zero attached hydrogens (tertiary/aromatic N) is 1. The molecule has 3 nitrogen and oxygen atoms in total. The summed E-state index contributed by atoms with van der Waals surface area (Å²) in [5.41, 5.74) is 0.277. The van der Waals surface area contributed by atoms with Crippen molar-refractivity contribution in [1.29, 1.82) is 0 Å². The largest absolute Gasteiger partial charge is 0.481 e. The zero-order valence-electron chi connectivity index (χ0n) is 13.5. The molecule has 0 aromatic heterocycles. The Hall–Kier alpha value is -0.570. The average molecular weight is 281 g/mol. The van der Waals surface area contributed by atoms with E-state index in [1.54, 1.807) is 0 Å². The molecule has 0 radical (unpaired) electrons. The molecule has 1 heterocycles. The molecule has 3 heteroatoms. The summed E-state index contributed by atoms with van der Waals surface area (Å²) in [5.74, 6) is -0.152. The molecule has 2 rings (SSSR count). The van der Waals surface area contributed by atoms with Crippen molar-refractivity contribution in [2.75, 3.05) is 13.1 Å². The second-order valence-electron chi connectivity index (χ2n) is 7.84. The highest BCUT2D eigenvalue weighted by atomic mass is 16.4. The molecule has 2 atom stereocenters. The molecule has 2 unspecified atom stereocenters. The summed E-state index contributed by atoms with van der Waals surface area (Å²) in [4.78, 5) is 14.0. The Bertz CT molecular complexity index is 345. The molecule has 116 valence electrons. The highest BCUT2D eigenvalue weighted by Gasteiger charge is 2.48. The molecule has 1 aliphatic heterocycles. The minimum absolute atomic E-state index is 0.0916. The molecule has 0 amide bonds. The average Bonchev–Trinajstić information content (AvgIpc) is 2.61. The van der Waals surface area contributed by atoms with E-state index in [-0.39, 0.29) is 5.54 Å². The van der Waals surface area contributed by atoms with Crippen molar-refractivity contribution in [3.63, 3.8) is 0 Å². The van der Waals surface area contributed by atoms with Crippen molar-refractivity contribution in [2.24, 2.45) is 11.3 Å². The van der Waals surface area contributed by atoms with Gasteiger partial charge >= 0.3 is 5.97 Å². The van der Waals surface area contributed by atoms with Gasteiger partial charge in [-0.2, -0.15) is 0 Å². The SMILES string of the molecule is CC1CC(C)(C)CCC1(CC(=O)O)N1CCCCCC1. The fraction of sp³-hybridized carbons (Fsp3) is 0.941. The molecule has 20 heavy (non-hydrogen) atoms. The van der Waals surface area contributed by atoms with Crippen LogP contribution in [0.25, 0.3) is 0 Å². The van der Waals surface area contributed by atoms with Gasteiger partial charge in [0.15, 0.2) is 0 Å². The van der Waals surface area contributed by atoms with Crippen molar-refractivity contribution in [3.05, 3.63) is 0 Å². The summed E-state index contributed by atoms with van der Waals surface area (Å²) in [7, 11) is 0. The first-order chi connectivity index (χ1) is 9.36. The molecule has 0 bridgehead atoms. The Balaban J connectivity index is 2.22. The van der Waals surface area contributed by atoms with Gasteiger partial charge in [0.25, 0.3) is 0 Å². The van der Waals surface area contributed by atoms with Crippen molar-refractivity contribution < 1.29 is 9.90 Å². The molecular weight excluding hydrogens is 250 g/mol. The van der Waals surface area contributed by atoms with Gasteiger partial charge < -0.3 is 5.11 Å². The predicted octanol–water partition coefficient (Wildman–Crippen LogP) is 3.92. The van der Waals surface area contributed by atoms with Crippen LogP contribution in [0.2, 0.25) is 0 Å². The molecule has 1 aliphatic carbocycles. The van der Waals surface area contributed by atoms with Gasteiger partial charge in [-0.25, -0.2) is 0 Å². The molecule has 0 spiro atoms. The van der Waals surface area contributed by atoms with Crippen LogP contribution in [0, 0.1) is 11.3 Å². The summed E-state index contributed by atoms with van der Waals surface area (Å²) < 4.78 is 0. The van der Waals surface area contributed by atoms with Crippen LogP contribution in [0.1, 0.15) is 72.1 Å². The van der Waals surface area contributed by atoms with Crippen LogP contribution in [-0.4, -0.2) is 34.6 Å². The van der Waals surface area contributed by atoms with E-state index in [0.29, 0.717) is 17.8 Å². The van der Waals surface area contributed by atoms with E-state index >= 15 is 0 Å². The van der Waals surface area contributed by atoms with Crippen molar-refractivity contribution in [1.82, 2.24) is 4.90 Å². The van der Waals surface area contributed by atoms with Crippen LogP contribution in [0.5, 0.6) is 0 Å². The minimum Gasteiger partial charge on any atom is -0.481 e. The van der Waals surface area contributed by atoms with Gasteiger partial charge in [-0.3, -0.25) is 9.69 Å². The monoisotopic (exact) mass is 281 g/mol. The lowest BCUT2D eigenvalue weighted by atomic mass is 9.62. The van der Waals surface area contributed by atoms with E-state index in [1.165, 1.54) is 25.7 Å². The van der Waals surface area contributed by atoms with Gasteiger partial charge in [0.2, 0.25) is 0 Å². The van der Waals surface area contributed by atoms with E-state index in [0.717, 1.165) is 32.4 Å². The number of hydrogen-bond acceptors (Lipinski definition) is 2. The Morgan fingerprint density at radius 1 is 1.15 bits per heavy atom. The molecule has 0 aromatic rings. The molecule has 0 aromatic carbocycles. The second-order valence-corrected chi connectivity index (χ2v) is 7.84. The maximum absolute atomic E-state index is 11.5. The predicted molar refractivity (Wildman–Crippen MR) is 81.8 cm³/mol. The molecule has 2 aliphatic rings. The minimum atomic E-state index is -0.624. The number of aliphatic carboxylic acids is 1. The summed E-state index contributed by atoms with van der Waals surface area (Å²) >= 11 is 0. The van der Waals surface area contributed by atoms with Gasteiger partial charge in [0, 0.05) is 5.54 Å². The lowest BCUT2D eigenvalue weighted by Gasteiger charge is -2.53. The zero-order valence-corrected chi connectivity index (χ0v) is 13.5. The topological polar surface area (TPSA) is 40.5 Å². The number of hydrogen-bond donors (Lipinski definition) is 1. The molecule has 2 fully saturated rings. The summed E-state index contributed by atoms with van der Waals surface area (Å²) in [6.45, 7) is 9.14. The summed E-state index contributed by atoms with van der Waals surface area (Å²) in [6.07, 6.45) is 8.75. The maximum atomic E-state index is 11.5. The lowest BCUT2D eigenvalue weighted by Crippen LogP contribution is -2.58. The molecule has 1 saturated carbocycles. The fourth-order valence-electron chi connectivity index (χ4n) is 4.54. The van der Waals surface area contributed by atoms with Gasteiger partial charge in [0.05, 0.1) is 6.42 Å². The number of rotatable bonds is 3. The number of carboxylic acids is 1. The second kappa shape index (κ2) is 6.05. The Labute approximate surface area is 123 Å². The maximum Gasteiger partial charge on any atom is 0.305 e. The first kappa shape index (κ1) is 15.8. The van der Waals surface area contributed by atoms with Crippen molar-refractivity contribution in [2.45, 2.75) is 77.7 Å². The van der Waals surface area contributed by atoms with E-state index < -0.39 is 5.97 Å². The number of carboxylic acid groups (broad SMARTS) is 1. The third kappa shape index (κ3) is 3.36. The lowest BCUT2D eigenvalue weighted by molar-refractivity contribution is -0.144. The quantitative estimate of drug-likeness (QED) is 0.852. The van der Waals surface area contributed by atoms with Gasteiger partial charge in [-0.15, -0.1) is 0 Å². The van der Waals surface area contributed by atoms with Crippen LogP contribution >= 0.6 is 0 Å². The fourth-order valence-corrected chi connectivity index (χ4v) is 4.54. The first-order valence-electron chi connectivity index (χ1n) is 8.33. The zero-order chi connectivity index (χ0) is 14.8. The Morgan fingerprint density at radius 2 is 1.75 bits per heavy atom. The Kier molecular flexibility index (Phi) is 4.78. The van der Waals surface area contributed by atoms with Crippen LogP contribution in [0.3, 0.4) is 0 Å². The van der Waals surface area contributed by atoms with Crippen molar-refractivity contribution in [3.8, 4) is 0 Å². The van der Waals surface area contributed by atoms with Gasteiger partial charge in [0.1, 0.15) is 0 Å². The third-order valence-electron chi connectivity index (χ3n) is 5.70. The van der Waals surface area contributed by atoms with Crippen molar-refractivity contribution >= 4 is 5.97 Å². The van der Waals surface area contributed by atoms with E-state index in [2.05, 4.69) is 25.7 Å². The van der Waals surface area contributed by atoms with E-state index in [4.69, 9.17) is 0 Å². The molecular formula is C17H31NO2. The number of likely N-dealkylation sites (tertiary alicyclic amines) is 1. The smallest absolute Gasteiger partial charge is 0.305 e. The number of carbonyl (C=O) groups is 1. The van der Waals surface area contributed by atoms with E-state index in [9.17, 15) is 9.90 Å². The van der Waals surface area contributed by atoms with Gasteiger partial charge in [-0.1, -0.05) is 33.6 Å². The molecule has 1 saturated heterocycles. The van der Waals surface area contributed by atoms with Crippen LogP contribution in [0.4, 0.5) is 0 Å². The first-order valence-corrected chi connectivity index (χ1v) is 8.33. The Morgan fingerprint density at radius 3 is 2.25 bits per heavy atom. The van der Waals surface area contributed by atoms with Crippen LogP contribution in [-0.2, 0) is 4.79 Å². The highest BCUT2D eigenvalue weighted by Crippen LogP contribution is 2.48. The van der Waals surface area contributed by atoms with Crippen LogP contribution in [0.15, 0.2) is 0 Å². The highest BCUT2D eigenvalue weighted by molar-refractivity contribution is 5.68. The normalized spacial score (nSPS) is 35.5. The van der Waals surface area contributed by atoms with E-state index in [1.807, 2.05) is 0 Å². The third-order valence-corrected chi connectivity index (χ3v) is 5.70.